The van der Waals surface area contributed by atoms with Crippen LogP contribution in [0.2, 0.25) is 0 Å². The van der Waals surface area contributed by atoms with E-state index in [1.54, 1.807) is 0 Å². The molecule has 2 atom stereocenters. The van der Waals surface area contributed by atoms with Crippen molar-refractivity contribution in [3.05, 3.63) is 34.3 Å². The number of piperidine rings is 2. The van der Waals surface area contributed by atoms with Gasteiger partial charge in [-0.05, 0) is 69.0 Å². The number of hydrogen-bond acceptors (Lipinski definition) is 2. The quantitative estimate of drug-likeness (QED) is 0.905. The van der Waals surface area contributed by atoms with Crippen LogP contribution >= 0.6 is 15.9 Å². The van der Waals surface area contributed by atoms with Crippen LogP contribution in [0.5, 0.6) is 0 Å². The molecule has 0 spiro atoms. The molecule has 3 rings (SSSR count). The molecule has 2 fully saturated rings. The van der Waals surface area contributed by atoms with Gasteiger partial charge in [0.2, 0.25) is 0 Å². The van der Waals surface area contributed by atoms with Gasteiger partial charge in [0.05, 0.1) is 0 Å². The van der Waals surface area contributed by atoms with Crippen molar-refractivity contribution < 1.29 is 4.79 Å². The van der Waals surface area contributed by atoms with Gasteiger partial charge >= 0.3 is 0 Å². The van der Waals surface area contributed by atoms with Gasteiger partial charge in [-0.15, -0.1) is 0 Å². The first-order chi connectivity index (χ1) is 10.2. The van der Waals surface area contributed by atoms with Crippen molar-refractivity contribution in [3.63, 3.8) is 0 Å². The molecular weight excluding hydrogens is 328 g/mol. The van der Waals surface area contributed by atoms with Crippen molar-refractivity contribution in [2.75, 3.05) is 19.6 Å². The van der Waals surface area contributed by atoms with Crippen LogP contribution < -0.4 is 5.32 Å². The van der Waals surface area contributed by atoms with Crippen molar-refractivity contribution in [2.24, 2.45) is 5.92 Å². The van der Waals surface area contributed by atoms with E-state index in [0.717, 1.165) is 16.6 Å². The smallest absolute Gasteiger partial charge is 0.251 e. The molecule has 1 aromatic carbocycles. The molecule has 1 aromatic rings. The molecule has 2 saturated heterocycles. The first kappa shape index (κ1) is 15.0. The van der Waals surface area contributed by atoms with Crippen molar-refractivity contribution in [3.8, 4) is 0 Å². The molecule has 2 aliphatic rings. The molecule has 0 unspecified atom stereocenters. The Morgan fingerprint density at radius 3 is 2.71 bits per heavy atom. The fraction of sp³-hybridized carbons (Fsp3) is 0.588. The minimum Gasteiger partial charge on any atom is -0.352 e. The van der Waals surface area contributed by atoms with Crippen molar-refractivity contribution in [1.29, 1.82) is 0 Å². The largest absolute Gasteiger partial charge is 0.352 e. The van der Waals surface area contributed by atoms with Gasteiger partial charge in [-0.3, -0.25) is 4.79 Å². The summed E-state index contributed by atoms with van der Waals surface area (Å²) in [4.78, 5) is 14.9. The summed E-state index contributed by atoms with van der Waals surface area (Å²) >= 11 is 3.40. The van der Waals surface area contributed by atoms with Crippen LogP contribution in [0.4, 0.5) is 0 Å². The maximum absolute atomic E-state index is 12.2. The second-order valence-corrected chi connectivity index (χ2v) is 7.13. The third-order valence-electron chi connectivity index (χ3n) is 4.86. The van der Waals surface area contributed by atoms with E-state index >= 15 is 0 Å². The van der Waals surface area contributed by atoms with E-state index < -0.39 is 0 Å². The predicted octanol–water partition coefficient (Wildman–Crippen LogP) is 3.44. The Hall–Kier alpha value is -0.870. The Morgan fingerprint density at radius 2 is 1.90 bits per heavy atom. The third kappa shape index (κ3) is 3.67. The first-order valence-electron chi connectivity index (χ1n) is 8.02. The highest BCUT2D eigenvalue weighted by molar-refractivity contribution is 9.10. The Balaban J connectivity index is 1.56. The van der Waals surface area contributed by atoms with E-state index in [0.29, 0.717) is 12.0 Å². The Morgan fingerprint density at radius 1 is 1.14 bits per heavy atom. The number of carbonyl (C=O) groups excluding carboxylic acids is 1. The summed E-state index contributed by atoms with van der Waals surface area (Å²) in [5.74, 6) is 0.675. The molecule has 0 bridgehead atoms. The summed E-state index contributed by atoms with van der Waals surface area (Å²) in [6, 6.07) is 8.26. The van der Waals surface area contributed by atoms with Crippen LogP contribution in [0.15, 0.2) is 28.7 Å². The summed E-state index contributed by atoms with van der Waals surface area (Å²) < 4.78 is 1.00. The van der Waals surface area contributed by atoms with Gasteiger partial charge in [-0.1, -0.05) is 22.4 Å². The maximum atomic E-state index is 12.2. The van der Waals surface area contributed by atoms with E-state index in [2.05, 4.69) is 26.1 Å². The standard InChI is InChI=1S/C17H23BrN2O/c18-15-8-6-13(7-9-15)17(21)19-12-14-4-3-11-20-10-2-1-5-16(14)20/h6-9,14,16H,1-5,10-12H2,(H,19,21)/t14-,16+/m1/s1. The second kappa shape index (κ2) is 6.93. The van der Waals surface area contributed by atoms with Crippen LogP contribution in [0.25, 0.3) is 0 Å². The van der Waals surface area contributed by atoms with Crippen molar-refractivity contribution in [1.82, 2.24) is 10.2 Å². The zero-order valence-electron chi connectivity index (χ0n) is 12.4. The van der Waals surface area contributed by atoms with Crippen LogP contribution in [0.3, 0.4) is 0 Å². The number of amides is 1. The lowest BCUT2D eigenvalue weighted by molar-refractivity contribution is 0.0575. The molecule has 21 heavy (non-hydrogen) atoms. The average molecular weight is 351 g/mol. The van der Waals surface area contributed by atoms with Gasteiger partial charge in [0.15, 0.2) is 0 Å². The highest BCUT2D eigenvalue weighted by Crippen LogP contribution is 2.30. The number of rotatable bonds is 3. The molecule has 1 amide bonds. The lowest BCUT2D eigenvalue weighted by Gasteiger charge is -2.44. The number of halogens is 1. The fourth-order valence-corrected chi connectivity index (χ4v) is 4.01. The van der Waals surface area contributed by atoms with Crippen LogP contribution in [-0.4, -0.2) is 36.5 Å². The average Bonchev–Trinajstić information content (AvgIpc) is 2.53. The maximum Gasteiger partial charge on any atom is 0.251 e. The summed E-state index contributed by atoms with van der Waals surface area (Å²) in [7, 11) is 0. The molecule has 0 saturated carbocycles. The van der Waals surface area contributed by atoms with E-state index in [1.807, 2.05) is 24.3 Å². The zero-order valence-corrected chi connectivity index (χ0v) is 13.9. The molecule has 114 valence electrons. The topological polar surface area (TPSA) is 32.3 Å². The Labute approximate surface area is 135 Å². The van der Waals surface area contributed by atoms with E-state index in [1.165, 1.54) is 45.2 Å². The number of nitrogens with one attached hydrogen (secondary N) is 1. The van der Waals surface area contributed by atoms with E-state index in [9.17, 15) is 4.79 Å². The van der Waals surface area contributed by atoms with Gasteiger partial charge in [-0.2, -0.15) is 0 Å². The summed E-state index contributed by atoms with van der Waals surface area (Å²) in [6.07, 6.45) is 6.52. The molecule has 1 N–H and O–H groups in total. The lowest BCUT2D eigenvalue weighted by Crippen LogP contribution is -2.51. The SMILES string of the molecule is O=C(NC[C@H]1CCCN2CCCC[C@@H]12)c1ccc(Br)cc1. The van der Waals surface area contributed by atoms with Crippen LogP contribution in [-0.2, 0) is 0 Å². The molecule has 3 nitrogen and oxygen atoms in total. The summed E-state index contributed by atoms with van der Waals surface area (Å²) in [6.45, 7) is 3.32. The Bertz CT molecular complexity index is 486. The van der Waals surface area contributed by atoms with Gasteiger partial charge in [0.25, 0.3) is 5.91 Å². The molecule has 2 heterocycles. The fourth-order valence-electron chi connectivity index (χ4n) is 3.74. The normalized spacial score (nSPS) is 26.1. The number of benzene rings is 1. The molecule has 0 aliphatic carbocycles. The summed E-state index contributed by atoms with van der Waals surface area (Å²) in [5.41, 5.74) is 0.745. The van der Waals surface area contributed by atoms with E-state index in [4.69, 9.17) is 0 Å². The number of carbonyl (C=O) groups is 1. The first-order valence-corrected chi connectivity index (χ1v) is 8.81. The minimum atomic E-state index is 0.0513. The van der Waals surface area contributed by atoms with Crippen LogP contribution in [0.1, 0.15) is 42.5 Å². The third-order valence-corrected chi connectivity index (χ3v) is 5.39. The van der Waals surface area contributed by atoms with Gasteiger partial charge in [-0.25, -0.2) is 0 Å². The number of nitrogens with zero attached hydrogens (tertiary/aromatic N) is 1. The van der Waals surface area contributed by atoms with E-state index in [-0.39, 0.29) is 5.91 Å². The van der Waals surface area contributed by atoms with Crippen molar-refractivity contribution in [2.45, 2.75) is 38.1 Å². The number of hydrogen-bond donors (Lipinski definition) is 1. The minimum absolute atomic E-state index is 0.0513. The molecule has 2 aliphatic heterocycles. The highest BCUT2D eigenvalue weighted by atomic mass is 79.9. The Kier molecular flexibility index (Phi) is 4.96. The predicted molar refractivity (Wildman–Crippen MR) is 88.4 cm³/mol. The van der Waals surface area contributed by atoms with Crippen molar-refractivity contribution >= 4 is 21.8 Å². The highest BCUT2D eigenvalue weighted by Gasteiger charge is 2.32. The molecule has 4 heteroatoms. The number of fused-ring (bicyclic) bond motifs is 1. The second-order valence-electron chi connectivity index (χ2n) is 6.22. The summed E-state index contributed by atoms with van der Waals surface area (Å²) in [5, 5.41) is 3.14. The molecule has 0 aromatic heterocycles. The van der Waals surface area contributed by atoms with Gasteiger partial charge in [0, 0.05) is 22.6 Å². The zero-order chi connectivity index (χ0) is 14.7. The molecule has 0 radical (unpaired) electrons. The lowest BCUT2D eigenvalue weighted by atomic mass is 9.83. The monoisotopic (exact) mass is 350 g/mol. The van der Waals surface area contributed by atoms with Crippen LogP contribution in [0, 0.1) is 5.92 Å². The van der Waals surface area contributed by atoms with Gasteiger partial charge < -0.3 is 10.2 Å². The molecular formula is C17H23BrN2O. The van der Waals surface area contributed by atoms with Gasteiger partial charge in [0.1, 0.15) is 0 Å².